The Morgan fingerprint density at radius 1 is 1.24 bits per heavy atom. The molecule has 0 radical (unpaired) electrons. The maximum absolute atomic E-state index is 12.8. The highest BCUT2D eigenvalue weighted by molar-refractivity contribution is 6.08. The van der Waals surface area contributed by atoms with Gasteiger partial charge in [-0.3, -0.25) is 4.79 Å². The Labute approximate surface area is 123 Å². The van der Waals surface area contributed by atoms with Gasteiger partial charge in [-0.15, -0.1) is 0 Å². The molecule has 0 spiro atoms. The van der Waals surface area contributed by atoms with Gasteiger partial charge in [-0.05, 0) is 36.6 Å². The third kappa shape index (κ3) is 2.28. The van der Waals surface area contributed by atoms with Gasteiger partial charge < -0.3 is 15.7 Å². The van der Waals surface area contributed by atoms with E-state index in [2.05, 4.69) is 0 Å². The summed E-state index contributed by atoms with van der Waals surface area (Å²) in [6.45, 7) is 2.34. The van der Waals surface area contributed by atoms with Crippen molar-refractivity contribution in [3.63, 3.8) is 0 Å². The molecule has 4 heteroatoms. The molecule has 1 unspecified atom stereocenters. The van der Waals surface area contributed by atoms with Crippen molar-refractivity contribution in [3.8, 4) is 5.75 Å². The molecule has 21 heavy (non-hydrogen) atoms. The van der Waals surface area contributed by atoms with E-state index in [9.17, 15) is 9.90 Å². The lowest BCUT2D eigenvalue weighted by Gasteiger charge is -2.33. The van der Waals surface area contributed by atoms with E-state index in [0.29, 0.717) is 17.7 Å². The highest BCUT2D eigenvalue weighted by Crippen LogP contribution is 2.34. The fraction of sp³-hybridized carbons (Fsp3) is 0.235. The third-order valence-electron chi connectivity index (χ3n) is 4.00. The highest BCUT2D eigenvalue weighted by atomic mass is 16.3. The first-order chi connectivity index (χ1) is 10.1. The predicted octanol–water partition coefficient (Wildman–Crippen LogP) is 2.75. The van der Waals surface area contributed by atoms with Crippen molar-refractivity contribution in [2.75, 3.05) is 11.4 Å². The molecule has 3 rings (SSSR count). The van der Waals surface area contributed by atoms with E-state index < -0.39 is 0 Å². The molecule has 2 aromatic rings. The first-order valence-corrected chi connectivity index (χ1v) is 7.04. The Kier molecular flexibility index (Phi) is 3.39. The average Bonchev–Trinajstić information content (AvgIpc) is 2.50. The van der Waals surface area contributed by atoms with Crippen LogP contribution in [0.3, 0.4) is 0 Å². The first-order valence-electron chi connectivity index (χ1n) is 7.04. The number of carbonyl (C=O) groups excluding carboxylic acids is 1. The van der Waals surface area contributed by atoms with E-state index in [1.807, 2.05) is 24.3 Å². The second kappa shape index (κ2) is 5.22. The number of hydrogen-bond acceptors (Lipinski definition) is 3. The van der Waals surface area contributed by atoms with Gasteiger partial charge in [0.05, 0.1) is 5.56 Å². The first kappa shape index (κ1) is 13.6. The van der Waals surface area contributed by atoms with Crippen LogP contribution in [0.25, 0.3) is 0 Å². The van der Waals surface area contributed by atoms with Crippen molar-refractivity contribution < 1.29 is 9.90 Å². The van der Waals surface area contributed by atoms with Crippen molar-refractivity contribution in [2.24, 2.45) is 5.73 Å². The molecule has 3 N–H and O–H groups in total. The number of para-hydroxylation sites is 2. The van der Waals surface area contributed by atoms with Crippen molar-refractivity contribution >= 4 is 11.6 Å². The minimum absolute atomic E-state index is 0.0450. The number of aryl methyl sites for hydroxylation is 1. The SMILES string of the molecule is Cc1cccc(C(=O)N2CCC(N)c3ccccc32)c1O. The van der Waals surface area contributed by atoms with Gasteiger partial charge >= 0.3 is 0 Å². The van der Waals surface area contributed by atoms with Crippen LogP contribution in [0.4, 0.5) is 5.69 Å². The van der Waals surface area contributed by atoms with E-state index in [4.69, 9.17) is 5.73 Å². The molecular weight excluding hydrogens is 264 g/mol. The molecule has 0 saturated heterocycles. The zero-order valence-corrected chi connectivity index (χ0v) is 11.9. The summed E-state index contributed by atoms with van der Waals surface area (Å²) < 4.78 is 0. The lowest BCUT2D eigenvalue weighted by Crippen LogP contribution is -2.38. The average molecular weight is 282 g/mol. The summed E-state index contributed by atoms with van der Waals surface area (Å²) in [7, 11) is 0. The van der Waals surface area contributed by atoms with Gasteiger partial charge in [0.2, 0.25) is 0 Å². The zero-order chi connectivity index (χ0) is 15.0. The number of nitrogens with zero attached hydrogens (tertiary/aromatic N) is 1. The summed E-state index contributed by atoms with van der Waals surface area (Å²) in [6.07, 6.45) is 0.718. The van der Waals surface area contributed by atoms with Gasteiger partial charge in [-0.25, -0.2) is 0 Å². The van der Waals surface area contributed by atoms with Crippen LogP contribution < -0.4 is 10.6 Å². The molecule has 1 atom stereocenters. The second-order valence-electron chi connectivity index (χ2n) is 5.38. The highest BCUT2D eigenvalue weighted by Gasteiger charge is 2.28. The molecule has 1 heterocycles. The fourth-order valence-electron chi connectivity index (χ4n) is 2.78. The Bertz CT molecular complexity index is 697. The molecule has 1 aliphatic rings. The molecular formula is C17H18N2O2. The normalized spacial score (nSPS) is 17.4. The van der Waals surface area contributed by atoms with Gasteiger partial charge in [0.25, 0.3) is 5.91 Å². The van der Waals surface area contributed by atoms with Crippen molar-refractivity contribution in [1.82, 2.24) is 0 Å². The lowest BCUT2D eigenvalue weighted by molar-refractivity contribution is 0.0981. The molecule has 1 aliphatic heterocycles. The minimum Gasteiger partial charge on any atom is -0.507 e. The molecule has 2 aromatic carbocycles. The van der Waals surface area contributed by atoms with Crippen molar-refractivity contribution in [2.45, 2.75) is 19.4 Å². The Morgan fingerprint density at radius 3 is 2.81 bits per heavy atom. The Hall–Kier alpha value is -2.33. The van der Waals surface area contributed by atoms with Gasteiger partial charge in [0.1, 0.15) is 5.75 Å². The number of benzene rings is 2. The van der Waals surface area contributed by atoms with Crippen LogP contribution in [0, 0.1) is 6.92 Å². The van der Waals surface area contributed by atoms with E-state index in [1.54, 1.807) is 30.0 Å². The summed E-state index contributed by atoms with van der Waals surface area (Å²) in [5, 5.41) is 10.1. The number of hydrogen-bond donors (Lipinski definition) is 2. The van der Waals surface area contributed by atoms with Gasteiger partial charge in [0, 0.05) is 18.3 Å². The minimum atomic E-state index is -0.185. The summed E-state index contributed by atoms with van der Waals surface area (Å²) in [5.74, 6) is -0.134. The van der Waals surface area contributed by atoms with Crippen LogP contribution in [0.1, 0.15) is 33.9 Å². The largest absolute Gasteiger partial charge is 0.507 e. The summed E-state index contributed by atoms with van der Waals surface area (Å²) in [5.41, 5.74) is 8.96. The van der Waals surface area contributed by atoms with Crippen molar-refractivity contribution in [1.29, 1.82) is 0 Å². The number of anilines is 1. The van der Waals surface area contributed by atoms with E-state index in [0.717, 1.165) is 17.7 Å². The van der Waals surface area contributed by atoms with Crippen LogP contribution in [0.15, 0.2) is 42.5 Å². The van der Waals surface area contributed by atoms with Crippen LogP contribution in [0.5, 0.6) is 5.75 Å². The monoisotopic (exact) mass is 282 g/mol. The quantitative estimate of drug-likeness (QED) is 0.845. The number of phenols is 1. The predicted molar refractivity (Wildman–Crippen MR) is 82.5 cm³/mol. The number of rotatable bonds is 1. The van der Waals surface area contributed by atoms with Gasteiger partial charge in [0.15, 0.2) is 0 Å². The lowest BCUT2D eigenvalue weighted by atomic mass is 9.96. The number of phenolic OH excluding ortho intramolecular Hbond substituents is 1. The van der Waals surface area contributed by atoms with Crippen LogP contribution in [-0.4, -0.2) is 17.6 Å². The molecule has 0 saturated carbocycles. The van der Waals surface area contributed by atoms with E-state index in [-0.39, 0.29) is 17.7 Å². The summed E-state index contributed by atoms with van der Waals surface area (Å²) in [6, 6.07) is 12.9. The van der Waals surface area contributed by atoms with E-state index in [1.165, 1.54) is 0 Å². The topological polar surface area (TPSA) is 66.6 Å². The number of nitrogens with two attached hydrogens (primary N) is 1. The summed E-state index contributed by atoms with van der Waals surface area (Å²) in [4.78, 5) is 14.5. The van der Waals surface area contributed by atoms with Gasteiger partial charge in [-0.1, -0.05) is 30.3 Å². The van der Waals surface area contributed by atoms with Crippen LogP contribution in [0.2, 0.25) is 0 Å². The maximum atomic E-state index is 12.8. The van der Waals surface area contributed by atoms with E-state index >= 15 is 0 Å². The third-order valence-corrected chi connectivity index (χ3v) is 4.00. The number of fused-ring (bicyclic) bond motifs is 1. The zero-order valence-electron chi connectivity index (χ0n) is 11.9. The smallest absolute Gasteiger partial charge is 0.262 e. The standard InChI is InChI=1S/C17H18N2O2/c1-11-5-4-7-13(16(11)20)17(21)19-10-9-14(18)12-6-2-3-8-15(12)19/h2-8,14,20H,9-10,18H2,1H3. The molecule has 0 fully saturated rings. The van der Waals surface area contributed by atoms with Crippen molar-refractivity contribution in [3.05, 3.63) is 59.2 Å². The van der Waals surface area contributed by atoms with Crippen LogP contribution >= 0.6 is 0 Å². The molecule has 1 amide bonds. The molecule has 4 nitrogen and oxygen atoms in total. The maximum Gasteiger partial charge on any atom is 0.262 e. The van der Waals surface area contributed by atoms with Crippen LogP contribution in [-0.2, 0) is 0 Å². The number of amides is 1. The molecule has 0 bridgehead atoms. The molecule has 0 aromatic heterocycles. The summed E-state index contributed by atoms with van der Waals surface area (Å²) >= 11 is 0. The Morgan fingerprint density at radius 2 is 2.00 bits per heavy atom. The second-order valence-corrected chi connectivity index (χ2v) is 5.38. The molecule has 0 aliphatic carbocycles. The van der Waals surface area contributed by atoms with Gasteiger partial charge in [-0.2, -0.15) is 0 Å². The number of aromatic hydroxyl groups is 1. The fourth-order valence-corrected chi connectivity index (χ4v) is 2.78. The molecule has 108 valence electrons. The Balaban J connectivity index is 2.03. The number of carbonyl (C=O) groups is 1.